The highest BCUT2D eigenvalue weighted by Gasteiger charge is 2.42. The van der Waals surface area contributed by atoms with Crippen LogP contribution in [-0.4, -0.2) is 60.3 Å². The molecule has 1 saturated heterocycles. The molecule has 6 nitrogen and oxygen atoms in total. The highest BCUT2D eigenvalue weighted by molar-refractivity contribution is 8.15. The van der Waals surface area contributed by atoms with Gasteiger partial charge in [0.15, 0.2) is 15.0 Å². The van der Waals surface area contributed by atoms with Crippen LogP contribution in [0.5, 0.6) is 0 Å². The summed E-state index contributed by atoms with van der Waals surface area (Å²) in [5, 5.41) is 4.08. The molecule has 0 radical (unpaired) electrons. The molecule has 3 heterocycles. The van der Waals surface area contributed by atoms with Gasteiger partial charge in [0.2, 0.25) is 5.91 Å². The van der Waals surface area contributed by atoms with E-state index in [4.69, 9.17) is 0 Å². The first-order valence-electron chi connectivity index (χ1n) is 10.8. The summed E-state index contributed by atoms with van der Waals surface area (Å²) in [4.78, 5) is 19.2. The predicted octanol–water partition coefficient (Wildman–Crippen LogP) is 3.23. The number of carbonyl (C=O) groups is 1. The van der Waals surface area contributed by atoms with Crippen LogP contribution in [0.4, 0.5) is 5.69 Å². The van der Waals surface area contributed by atoms with Gasteiger partial charge in [0.05, 0.1) is 24.0 Å². The first-order valence-corrected chi connectivity index (χ1v) is 13.5. The van der Waals surface area contributed by atoms with E-state index in [0.29, 0.717) is 13.0 Å². The molecule has 0 aromatic heterocycles. The number of carbonyl (C=O) groups excluding carboxylic acids is 1. The fourth-order valence-electron chi connectivity index (χ4n) is 4.34. The average Bonchev–Trinajstić information content (AvgIpc) is 3.28. The van der Waals surface area contributed by atoms with Crippen LogP contribution in [0.25, 0.3) is 5.57 Å². The summed E-state index contributed by atoms with van der Waals surface area (Å²) in [5.74, 6) is 0.491. The molecule has 8 heteroatoms. The Bertz CT molecular complexity index is 1170. The van der Waals surface area contributed by atoms with E-state index in [9.17, 15) is 13.2 Å². The molecular formula is C24H25N3O3S2. The van der Waals surface area contributed by atoms with Crippen LogP contribution in [0.3, 0.4) is 0 Å². The molecule has 32 heavy (non-hydrogen) atoms. The number of aliphatic imine (C=N–C) groups is 1. The van der Waals surface area contributed by atoms with E-state index < -0.39 is 9.84 Å². The van der Waals surface area contributed by atoms with E-state index >= 15 is 0 Å². The second-order valence-corrected chi connectivity index (χ2v) is 11.8. The highest BCUT2D eigenvalue weighted by atomic mass is 32.2. The number of hydrogen-bond donors (Lipinski definition) is 1. The van der Waals surface area contributed by atoms with Crippen molar-refractivity contribution in [1.29, 1.82) is 0 Å². The van der Waals surface area contributed by atoms with E-state index in [1.807, 2.05) is 47.4 Å². The van der Waals surface area contributed by atoms with Gasteiger partial charge in [0.1, 0.15) is 0 Å². The van der Waals surface area contributed by atoms with Crippen molar-refractivity contribution in [2.24, 2.45) is 4.99 Å². The summed E-state index contributed by atoms with van der Waals surface area (Å²) in [6, 6.07) is 18.0. The Labute approximate surface area is 192 Å². The maximum Gasteiger partial charge on any atom is 0.227 e. The van der Waals surface area contributed by atoms with Gasteiger partial charge in [-0.25, -0.2) is 8.42 Å². The third-order valence-electron chi connectivity index (χ3n) is 6.09. The normalized spacial score (nSPS) is 23.9. The summed E-state index contributed by atoms with van der Waals surface area (Å²) in [6.45, 7) is 1.39. The van der Waals surface area contributed by atoms with Crippen molar-refractivity contribution in [1.82, 2.24) is 4.90 Å². The minimum atomic E-state index is -2.94. The predicted molar refractivity (Wildman–Crippen MR) is 131 cm³/mol. The van der Waals surface area contributed by atoms with Gasteiger partial charge in [-0.1, -0.05) is 60.3 Å². The molecule has 1 amide bonds. The molecular weight excluding hydrogens is 442 g/mol. The maximum absolute atomic E-state index is 12.7. The van der Waals surface area contributed by atoms with Gasteiger partial charge < -0.3 is 10.2 Å². The second kappa shape index (κ2) is 8.75. The number of amidine groups is 1. The molecule has 5 rings (SSSR count). The average molecular weight is 468 g/mol. The molecule has 2 aromatic rings. The van der Waals surface area contributed by atoms with Gasteiger partial charge in [0, 0.05) is 24.0 Å². The molecule has 2 aromatic carbocycles. The van der Waals surface area contributed by atoms with Crippen molar-refractivity contribution < 1.29 is 13.2 Å². The SMILES string of the molecule is O=C(Cc1ccc(NC2=N[C@@H]3CS(=O)(=O)C[C@@H]3S2)cc1)N1CC=C(c2ccccc2)CC1. The summed E-state index contributed by atoms with van der Waals surface area (Å²) in [5.41, 5.74) is 4.41. The van der Waals surface area contributed by atoms with Gasteiger partial charge in [-0.05, 0) is 35.3 Å². The Balaban J connectivity index is 1.14. The molecule has 0 bridgehead atoms. The van der Waals surface area contributed by atoms with Crippen LogP contribution in [0, 0.1) is 0 Å². The first-order chi connectivity index (χ1) is 15.4. The van der Waals surface area contributed by atoms with Crippen molar-refractivity contribution >= 4 is 43.9 Å². The number of benzene rings is 2. The topological polar surface area (TPSA) is 78.8 Å². The first kappa shape index (κ1) is 21.3. The fourth-order valence-corrected chi connectivity index (χ4v) is 8.02. The summed E-state index contributed by atoms with van der Waals surface area (Å²) >= 11 is 1.50. The van der Waals surface area contributed by atoms with Gasteiger partial charge in [0.25, 0.3) is 0 Å². The lowest BCUT2D eigenvalue weighted by molar-refractivity contribution is -0.130. The van der Waals surface area contributed by atoms with Crippen LogP contribution in [-0.2, 0) is 21.1 Å². The third-order valence-corrected chi connectivity index (χ3v) is 9.23. The molecule has 1 fully saturated rings. The molecule has 166 valence electrons. The van der Waals surface area contributed by atoms with E-state index in [2.05, 4.69) is 28.5 Å². The van der Waals surface area contributed by atoms with Crippen LogP contribution < -0.4 is 5.32 Å². The van der Waals surface area contributed by atoms with Gasteiger partial charge in [-0.2, -0.15) is 0 Å². The van der Waals surface area contributed by atoms with Gasteiger partial charge >= 0.3 is 0 Å². The molecule has 0 spiro atoms. The van der Waals surface area contributed by atoms with Crippen molar-refractivity contribution in [3.8, 4) is 0 Å². The van der Waals surface area contributed by atoms with E-state index in [-0.39, 0.29) is 28.7 Å². The smallest absolute Gasteiger partial charge is 0.227 e. The quantitative estimate of drug-likeness (QED) is 0.747. The zero-order valence-electron chi connectivity index (χ0n) is 17.6. The number of nitrogens with zero attached hydrogens (tertiary/aromatic N) is 2. The number of nitrogens with one attached hydrogen (secondary N) is 1. The molecule has 0 saturated carbocycles. The van der Waals surface area contributed by atoms with Crippen LogP contribution >= 0.6 is 11.8 Å². The second-order valence-electron chi connectivity index (χ2n) is 8.42. The van der Waals surface area contributed by atoms with Crippen molar-refractivity contribution in [3.05, 3.63) is 71.8 Å². The Morgan fingerprint density at radius 2 is 1.88 bits per heavy atom. The highest BCUT2D eigenvalue weighted by Crippen LogP contribution is 2.34. The standard InChI is InChI=1S/C24H25N3O3S2/c28-23(27-12-10-19(11-13-27)18-4-2-1-3-5-18)14-17-6-8-20(9-7-17)25-24-26-21-15-32(29,30)16-22(21)31-24/h1-10,21-22H,11-16H2,(H,25,26)/t21-,22+/m1/s1. The zero-order valence-corrected chi connectivity index (χ0v) is 19.2. The molecule has 1 N–H and O–H groups in total. The number of anilines is 1. The lowest BCUT2D eigenvalue weighted by Gasteiger charge is -2.27. The Morgan fingerprint density at radius 3 is 2.56 bits per heavy atom. The Morgan fingerprint density at radius 1 is 1.09 bits per heavy atom. The Hall–Kier alpha value is -2.58. The number of rotatable bonds is 4. The lowest BCUT2D eigenvalue weighted by Crippen LogP contribution is -2.35. The summed E-state index contributed by atoms with van der Waals surface area (Å²) < 4.78 is 23.4. The lowest BCUT2D eigenvalue weighted by atomic mass is 9.99. The zero-order chi connectivity index (χ0) is 22.1. The van der Waals surface area contributed by atoms with Gasteiger partial charge in [-0.15, -0.1) is 0 Å². The minimum Gasteiger partial charge on any atom is -0.338 e. The molecule has 0 unspecified atom stereocenters. The minimum absolute atomic E-state index is 0.0281. The molecule has 3 aliphatic heterocycles. The van der Waals surface area contributed by atoms with Crippen LogP contribution in [0.2, 0.25) is 0 Å². The van der Waals surface area contributed by atoms with E-state index in [1.54, 1.807) is 0 Å². The number of sulfone groups is 1. The maximum atomic E-state index is 12.7. The van der Waals surface area contributed by atoms with Crippen molar-refractivity contribution in [2.45, 2.75) is 24.1 Å². The van der Waals surface area contributed by atoms with Crippen LogP contribution in [0.1, 0.15) is 17.5 Å². The van der Waals surface area contributed by atoms with E-state index in [1.165, 1.54) is 22.9 Å². The summed E-state index contributed by atoms with van der Waals surface area (Å²) in [6.07, 6.45) is 3.42. The van der Waals surface area contributed by atoms with Gasteiger partial charge in [-0.3, -0.25) is 9.79 Å². The number of hydrogen-bond acceptors (Lipinski definition) is 6. The largest absolute Gasteiger partial charge is 0.338 e. The monoisotopic (exact) mass is 467 g/mol. The van der Waals surface area contributed by atoms with Crippen molar-refractivity contribution in [2.75, 3.05) is 29.9 Å². The Kier molecular flexibility index (Phi) is 5.82. The number of amides is 1. The van der Waals surface area contributed by atoms with Crippen molar-refractivity contribution in [3.63, 3.8) is 0 Å². The molecule has 0 aliphatic carbocycles. The third kappa shape index (κ3) is 4.76. The van der Waals surface area contributed by atoms with Crippen LogP contribution in [0.15, 0.2) is 65.7 Å². The fraction of sp³-hybridized carbons (Fsp3) is 0.333. The molecule has 3 aliphatic rings. The van der Waals surface area contributed by atoms with E-state index in [0.717, 1.165) is 29.4 Å². The number of thioether (sulfide) groups is 1. The molecule has 2 atom stereocenters. The summed E-state index contributed by atoms with van der Waals surface area (Å²) in [7, 11) is -2.94. The number of fused-ring (bicyclic) bond motifs is 1.